The molecule has 0 spiro atoms. The molecule has 1 heterocycles. The van der Waals surface area contributed by atoms with Gasteiger partial charge in [-0.15, -0.1) is 0 Å². The lowest BCUT2D eigenvalue weighted by Crippen LogP contribution is -2.59. The smallest absolute Gasteiger partial charge is 0.408 e. The number of nitrogens with one attached hydrogen (secondary N) is 2. The third-order valence-corrected chi connectivity index (χ3v) is 11.2. The van der Waals surface area contributed by atoms with Gasteiger partial charge in [0.15, 0.2) is 0 Å². The van der Waals surface area contributed by atoms with Crippen molar-refractivity contribution < 1.29 is 14.3 Å². The van der Waals surface area contributed by atoms with Gasteiger partial charge < -0.3 is 20.3 Å². The van der Waals surface area contributed by atoms with E-state index in [2.05, 4.69) is 114 Å². The van der Waals surface area contributed by atoms with Crippen molar-refractivity contribution in [2.24, 2.45) is 0 Å². The van der Waals surface area contributed by atoms with Gasteiger partial charge in [0.05, 0.1) is 0 Å². The fourth-order valence-electron chi connectivity index (χ4n) is 7.27. The second kappa shape index (κ2) is 17.9. The minimum absolute atomic E-state index is 0.0332. The van der Waals surface area contributed by atoms with E-state index in [-0.39, 0.29) is 18.4 Å². The Hall–Kier alpha value is -4.37. The number of hydrogen-bond donors (Lipinski definition) is 2. The molecule has 0 radical (unpaired) electrons. The third kappa shape index (κ3) is 9.16. The summed E-state index contributed by atoms with van der Waals surface area (Å²) in [5, 5.41) is 5.95. The molecule has 8 heteroatoms. The Morgan fingerprint density at radius 3 is 1.94 bits per heavy atom. The zero-order valence-electron chi connectivity index (χ0n) is 30.8. The van der Waals surface area contributed by atoms with Crippen LogP contribution in [-0.4, -0.2) is 66.6 Å². The number of amides is 2. The molecule has 52 heavy (non-hydrogen) atoms. The van der Waals surface area contributed by atoms with Gasteiger partial charge in [-0.2, -0.15) is 0 Å². The summed E-state index contributed by atoms with van der Waals surface area (Å²) in [6.45, 7) is 8.83. The molecule has 7 rings (SSSR count). The summed E-state index contributed by atoms with van der Waals surface area (Å²) in [4.78, 5) is 30.5. The van der Waals surface area contributed by atoms with E-state index >= 15 is 0 Å². The lowest BCUT2D eigenvalue weighted by atomic mass is 9.81. The fourth-order valence-corrected chi connectivity index (χ4v) is 8.17. The van der Waals surface area contributed by atoms with Crippen molar-refractivity contribution in [2.75, 3.05) is 39.8 Å². The predicted molar refractivity (Wildman–Crippen MR) is 214 cm³/mol. The largest absolute Gasteiger partial charge is 0.449 e. The normalized spacial score (nSPS) is 17.1. The highest BCUT2D eigenvalue weighted by atomic mass is 32.2. The maximum atomic E-state index is 13.6. The van der Waals surface area contributed by atoms with E-state index in [9.17, 15) is 9.59 Å². The average molecular weight is 717 g/mol. The molecule has 1 saturated heterocycles. The van der Waals surface area contributed by atoms with Crippen molar-refractivity contribution in [1.82, 2.24) is 19.8 Å². The Morgan fingerprint density at radius 2 is 1.35 bits per heavy atom. The first-order valence-electron chi connectivity index (χ1n) is 18.8. The fraction of sp³-hybridized carbons (Fsp3) is 0.364. The van der Waals surface area contributed by atoms with Gasteiger partial charge in [0.2, 0.25) is 5.91 Å². The highest BCUT2D eigenvalue weighted by Crippen LogP contribution is 2.44. The van der Waals surface area contributed by atoms with Crippen molar-refractivity contribution in [3.8, 4) is 22.3 Å². The Morgan fingerprint density at radius 1 is 0.788 bits per heavy atom. The van der Waals surface area contributed by atoms with E-state index in [0.717, 1.165) is 67.7 Å². The summed E-state index contributed by atoms with van der Waals surface area (Å²) in [5.74, 6) is -0.239. The highest BCUT2D eigenvalue weighted by Gasteiger charge is 2.41. The predicted octanol–water partition coefficient (Wildman–Crippen LogP) is 9.35. The zero-order chi connectivity index (χ0) is 36.3. The number of piperazine rings is 1. The minimum atomic E-state index is -0.996. The minimum Gasteiger partial charge on any atom is -0.449 e. The number of hydrogen-bond acceptors (Lipinski definition) is 6. The summed E-state index contributed by atoms with van der Waals surface area (Å²) in [6, 6.07) is 33.6. The standard InChI is InChI=1S/C41H44N4O3S.C3H8/c1-44-25-27-45(28-26-44)49-33-19-17-32(18-20-33)31-15-13-30(14-16-31)21-24-42-39(46)41(22-7-2-8-23-41)43-40(47)48-29-38-36-11-5-3-9-34(36)35-10-4-6-12-37(35)38;1-3-2/h3-6,9-21,24,38H,2,7-8,22-23,25-29H2,1H3,(H,42,46)(H,43,47);3H2,1-2H3/b24-21+;. The van der Waals surface area contributed by atoms with Crippen molar-refractivity contribution in [1.29, 1.82) is 0 Å². The Kier molecular flexibility index (Phi) is 12.9. The van der Waals surface area contributed by atoms with Gasteiger partial charge in [0.1, 0.15) is 12.1 Å². The molecule has 2 N–H and O–H groups in total. The van der Waals surface area contributed by atoms with E-state index in [1.807, 2.05) is 42.3 Å². The average Bonchev–Trinajstić information content (AvgIpc) is 3.49. The Balaban J connectivity index is 0.00000150. The van der Waals surface area contributed by atoms with Crippen LogP contribution in [0.4, 0.5) is 4.79 Å². The maximum Gasteiger partial charge on any atom is 0.408 e. The van der Waals surface area contributed by atoms with Crippen LogP contribution in [0, 0.1) is 0 Å². The topological polar surface area (TPSA) is 73.9 Å². The maximum absolute atomic E-state index is 13.6. The number of rotatable bonds is 9. The molecule has 0 bridgehead atoms. The van der Waals surface area contributed by atoms with Crippen molar-refractivity contribution in [3.63, 3.8) is 0 Å². The van der Waals surface area contributed by atoms with Crippen LogP contribution in [0.25, 0.3) is 28.3 Å². The quantitative estimate of drug-likeness (QED) is 0.168. The van der Waals surface area contributed by atoms with Gasteiger partial charge in [0, 0.05) is 43.2 Å². The molecule has 7 nitrogen and oxygen atoms in total. The van der Waals surface area contributed by atoms with Crippen LogP contribution in [-0.2, 0) is 9.53 Å². The van der Waals surface area contributed by atoms with Crippen LogP contribution in [0.2, 0.25) is 0 Å². The molecule has 0 unspecified atom stereocenters. The summed E-state index contributed by atoms with van der Waals surface area (Å²) in [6.07, 6.45) is 8.22. The molecule has 2 amide bonds. The van der Waals surface area contributed by atoms with E-state index in [0.29, 0.717) is 12.8 Å². The van der Waals surface area contributed by atoms with Crippen molar-refractivity contribution >= 4 is 30.0 Å². The molecular weight excluding hydrogens is 665 g/mol. The van der Waals surface area contributed by atoms with Gasteiger partial charge in [0.25, 0.3) is 0 Å². The van der Waals surface area contributed by atoms with Gasteiger partial charge in [-0.05, 0) is 89.0 Å². The van der Waals surface area contributed by atoms with Crippen molar-refractivity contribution in [2.45, 2.75) is 68.7 Å². The molecule has 1 saturated carbocycles. The number of benzene rings is 4. The molecule has 0 aromatic heterocycles. The number of fused-ring (bicyclic) bond motifs is 3. The number of likely N-dealkylation sites (N-methyl/N-ethyl adjacent to an activating group) is 1. The van der Waals surface area contributed by atoms with E-state index in [1.165, 1.54) is 28.0 Å². The van der Waals surface area contributed by atoms with Crippen molar-refractivity contribution in [3.05, 3.63) is 120 Å². The second-order valence-corrected chi connectivity index (χ2v) is 15.2. The molecule has 2 aliphatic carbocycles. The summed E-state index contributed by atoms with van der Waals surface area (Å²) in [7, 11) is 2.18. The lowest BCUT2D eigenvalue weighted by Gasteiger charge is -2.35. The van der Waals surface area contributed by atoms with E-state index in [4.69, 9.17) is 4.74 Å². The van der Waals surface area contributed by atoms with Gasteiger partial charge in [-0.25, -0.2) is 9.10 Å². The van der Waals surface area contributed by atoms with Crippen LogP contribution in [0.1, 0.15) is 75.0 Å². The number of alkyl carbamates (subject to hydrolysis) is 1. The molecule has 2 fully saturated rings. The summed E-state index contributed by atoms with van der Waals surface area (Å²) >= 11 is 1.83. The van der Waals surface area contributed by atoms with Crippen LogP contribution in [0.3, 0.4) is 0 Å². The number of ether oxygens (including phenoxy) is 1. The van der Waals surface area contributed by atoms with Crippen LogP contribution < -0.4 is 10.6 Å². The molecule has 272 valence electrons. The molecule has 1 aliphatic heterocycles. The second-order valence-electron chi connectivity index (χ2n) is 14.1. The molecule has 4 aromatic carbocycles. The van der Waals surface area contributed by atoms with Crippen LogP contribution in [0.5, 0.6) is 0 Å². The Bertz CT molecular complexity index is 1760. The third-order valence-electron chi connectivity index (χ3n) is 10.1. The first-order chi connectivity index (χ1) is 25.4. The molecule has 3 aliphatic rings. The number of nitrogens with zero attached hydrogens (tertiary/aromatic N) is 2. The molecule has 4 aromatic rings. The number of carbonyl (C=O) groups excluding carboxylic acids is 2. The highest BCUT2D eigenvalue weighted by molar-refractivity contribution is 7.97. The van der Waals surface area contributed by atoms with E-state index < -0.39 is 11.6 Å². The SMILES string of the molecule is CCC.CN1CCN(Sc2ccc(-c3ccc(/C=C/NC(=O)C4(NC(=O)OCC5c6ccccc6-c6ccccc65)CCCCC4)cc3)cc2)CC1. The summed E-state index contributed by atoms with van der Waals surface area (Å²) in [5.41, 5.74) is 6.99. The van der Waals surface area contributed by atoms with Gasteiger partial charge >= 0.3 is 6.09 Å². The first-order valence-corrected chi connectivity index (χ1v) is 19.6. The Labute approximate surface area is 314 Å². The van der Waals surface area contributed by atoms with Gasteiger partial charge in [-0.1, -0.05) is 124 Å². The molecular formula is C44H52N4O3S. The monoisotopic (exact) mass is 716 g/mol. The number of carbonyl (C=O) groups is 2. The lowest BCUT2D eigenvalue weighted by molar-refractivity contribution is -0.127. The zero-order valence-corrected chi connectivity index (χ0v) is 31.6. The van der Waals surface area contributed by atoms with E-state index in [1.54, 1.807) is 6.20 Å². The van der Waals surface area contributed by atoms with Crippen LogP contribution >= 0.6 is 11.9 Å². The first kappa shape index (κ1) is 37.4. The van der Waals surface area contributed by atoms with Gasteiger partial charge in [-0.3, -0.25) is 4.79 Å². The molecule has 0 atom stereocenters. The summed E-state index contributed by atoms with van der Waals surface area (Å²) < 4.78 is 8.26. The van der Waals surface area contributed by atoms with Crippen LogP contribution in [0.15, 0.2) is 108 Å².